The lowest BCUT2D eigenvalue weighted by Gasteiger charge is -2.36. The van der Waals surface area contributed by atoms with E-state index in [2.05, 4.69) is 10.00 Å². The van der Waals surface area contributed by atoms with E-state index in [-0.39, 0.29) is 18.1 Å². The van der Waals surface area contributed by atoms with Crippen LogP contribution in [0, 0.1) is 17.0 Å². The minimum atomic E-state index is -0.433. The number of methoxy groups -OCH3 is 1. The van der Waals surface area contributed by atoms with Gasteiger partial charge in [-0.2, -0.15) is 5.10 Å². The number of piperazine rings is 1. The van der Waals surface area contributed by atoms with E-state index < -0.39 is 4.92 Å². The lowest BCUT2D eigenvalue weighted by Crippen LogP contribution is -2.49. The molecule has 2 heterocycles. The number of aryl methyl sites for hydroxylation is 1. The molecule has 1 aromatic heterocycles. The number of ether oxygens (including phenoxy) is 1. The molecular weight excluding hydrogens is 422 g/mol. The van der Waals surface area contributed by atoms with Crippen LogP contribution < -0.4 is 9.64 Å². The van der Waals surface area contributed by atoms with E-state index in [1.807, 2.05) is 23.1 Å². The van der Waals surface area contributed by atoms with Crippen LogP contribution in [0.2, 0.25) is 5.02 Å². The second-order valence-corrected chi connectivity index (χ2v) is 7.80. The predicted molar refractivity (Wildman–Crippen MR) is 118 cm³/mol. The van der Waals surface area contributed by atoms with Gasteiger partial charge in [0.1, 0.15) is 12.3 Å². The zero-order valence-electron chi connectivity index (χ0n) is 17.2. The Bertz CT molecular complexity index is 1150. The Morgan fingerprint density at radius 3 is 2.61 bits per heavy atom. The van der Waals surface area contributed by atoms with Crippen molar-refractivity contribution in [3.8, 4) is 5.75 Å². The quantitative estimate of drug-likeness (QED) is 0.443. The molecule has 0 atom stereocenters. The van der Waals surface area contributed by atoms with Gasteiger partial charge in [0.05, 0.1) is 28.3 Å². The standard InChI is InChI=1S/C21H22ClN5O4/c1-14-17-11-16(27(29)30)4-6-19(17)26(23-14)13-21(28)25-9-7-24(8-10-25)15-3-5-18(22)20(12-15)31-2/h3-6,11-12H,7-10,13H2,1-2H3. The summed E-state index contributed by atoms with van der Waals surface area (Å²) < 4.78 is 6.91. The highest BCUT2D eigenvalue weighted by atomic mass is 35.5. The van der Waals surface area contributed by atoms with Crippen molar-refractivity contribution >= 4 is 39.8 Å². The smallest absolute Gasteiger partial charge is 0.270 e. The summed E-state index contributed by atoms with van der Waals surface area (Å²) in [5, 5.41) is 16.7. The number of aromatic nitrogens is 2. The largest absolute Gasteiger partial charge is 0.495 e. The minimum Gasteiger partial charge on any atom is -0.495 e. The molecule has 0 saturated carbocycles. The van der Waals surface area contributed by atoms with Crippen LogP contribution in [0.4, 0.5) is 11.4 Å². The number of benzene rings is 2. The number of nitro groups is 1. The first-order valence-electron chi connectivity index (χ1n) is 9.85. The van der Waals surface area contributed by atoms with Crippen molar-refractivity contribution < 1.29 is 14.5 Å². The monoisotopic (exact) mass is 443 g/mol. The molecular formula is C21H22ClN5O4. The van der Waals surface area contributed by atoms with Crippen molar-refractivity contribution in [2.24, 2.45) is 0 Å². The van der Waals surface area contributed by atoms with E-state index in [4.69, 9.17) is 16.3 Å². The maximum Gasteiger partial charge on any atom is 0.270 e. The molecule has 0 unspecified atom stereocenters. The van der Waals surface area contributed by atoms with Crippen molar-refractivity contribution in [1.29, 1.82) is 0 Å². The maximum atomic E-state index is 12.9. The van der Waals surface area contributed by atoms with E-state index >= 15 is 0 Å². The Morgan fingerprint density at radius 1 is 1.19 bits per heavy atom. The number of carbonyl (C=O) groups excluding carboxylic acids is 1. The molecule has 3 aromatic rings. The Labute approximate surface area is 183 Å². The molecule has 0 radical (unpaired) electrons. The molecule has 1 amide bonds. The number of rotatable bonds is 5. The molecule has 1 aliphatic rings. The maximum absolute atomic E-state index is 12.9. The van der Waals surface area contributed by atoms with Crippen molar-refractivity contribution in [2.75, 3.05) is 38.2 Å². The summed E-state index contributed by atoms with van der Waals surface area (Å²) in [5.74, 6) is 0.593. The van der Waals surface area contributed by atoms with Gasteiger partial charge in [0.2, 0.25) is 5.91 Å². The summed E-state index contributed by atoms with van der Waals surface area (Å²) in [6.07, 6.45) is 0. The van der Waals surface area contributed by atoms with Gasteiger partial charge in [0.15, 0.2) is 0 Å². The molecule has 31 heavy (non-hydrogen) atoms. The van der Waals surface area contributed by atoms with Gasteiger partial charge in [-0.1, -0.05) is 11.6 Å². The third-order valence-corrected chi connectivity index (χ3v) is 5.86. The molecule has 1 saturated heterocycles. The Kier molecular flexibility index (Phi) is 5.69. The van der Waals surface area contributed by atoms with E-state index in [9.17, 15) is 14.9 Å². The number of amides is 1. The van der Waals surface area contributed by atoms with Crippen LogP contribution in [0.25, 0.3) is 10.9 Å². The third kappa shape index (κ3) is 4.13. The molecule has 2 aromatic carbocycles. The summed E-state index contributed by atoms with van der Waals surface area (Å²) in [7, 11) is 1.58. The van der Waals surface area contributed by atoms with Crippen LogP contribution in [0.3, 0.4) is 0 Å². The normalized spacial score (nSPS) is 14.2. The molecule has 0 N–H and O–H groups in total. The number of nitro benzene ring substituents is 1. The fourth-order valence-corrected chi connectivity index (χ4v) is 4.04. The average molecular weight is 444 g/mol. The first-order chi connectivity index (χ1) is 14.9. The van der Waals surface area contributed by atoms with Crippen LogP contribution >= 0.6 is 11.6 Å². The van der Waals surface area contributed by atoms with E-state index in [1.165, 1.54) is 12.1 Å². The molecule has 162 valence electrons. The predicted octanol–water partition coefficient (Wildman–Crippen LogP) is 3.26. The molecule has 9 nitrogen and oxygen atoms in total. The topological polar surface area (TPSA) is 93.7 Å². The second-order valence-electron chi connectivity index (χ2n) is 7.39. The summed E-state index contributed by atoms with van der Waals surface area (Å²) in [6, 6.07) is 10.2. The number of non-ortho nitro benzene ring substituents is 1. The van der Waals surface area contributed by atoms with Gasteiger partial charge in [0.25, 0.3) is 5.69 Å². The molecule has 1 fully saturated rings. The van der Waals surface area contributed by atoms with Crippen LogP contribution in [0.1, 0.15) is 5.69 Å². The summed E-state index contributed by atoms with van der Waals surface area (Å²) >= 11 is 6.11. The SMILES string of the molecule is COc1cc(N2CCN(C(=O)Cn3nc(C)c4cc([N+](=O)[O-])ccc43)CC2)ccc1Cl. The van der Waals surface area contributed by atoms with Gasteiger partial charge in [-0.25, -0.2) is 0 Å². The molecule has 1 aliphatic heterocycles. The molecule has 10 heteroatoms. The molecule has 4 rings (SSSR count). The molecule has 0 aliphatic carbocycles. The summed E-state index contributed by atoms with van der Waals surface area (Å²) in [6.45, 7) is 4.45. The number of hydrogen-bond donors (Lipinski definition) is 0. The van der Waals surface area contributed by atoms with Crippen molar-refractivity contribution in [3.05, 3.63) is 57.2 Å². The van der Waals surface area contributed by atoms with E-state index in [0.717, 1.165) is 5.69 Å². The zero-order chi connectivity index (χ0) is 22.1. The fourth-order valence-electron chi connectivity index (χ4n) is 3.85. The highest BCUT2D eigenvalue weighted by Crippen LogP contribution is 2.30. The van der Waals surface area contributed by atoms with Gasteiger partial charge in [-0.15, -0.1) is 0 Å². The fraction of sp³-hybridized carbons (Fsp3) is 0.333. The van der Waals surface area contributed by atoms with Crippen molar-refractivity contribution in [1.82, 2.24) is 14.7 Å². The van der Waals surface area contributed by atoms with Gasteiger partial charge in [-0.05, 0) is 25.1 Å². The number of anilines is 1. The van der Waals surface area contributed by atoms with E-state index in [0.29, 0.717) is 53.5 Å². The highest BCUT2D eigenvalue weighted by Gasteiger charge is 2.23. The number of nitrogens with zero attached hydrogens (tertiary/aromatic N) is 5. The summed E-state index contributed by atoms with van der Waals surface area (Å²) in [5.41, 5.74) is 2.39. The second kappa shape index (κ2) is 8.43. The van der Waals surface area contributed by atoms with Crippen LogP contribution in [-0.4, -0.2) is 58.8 Å². The Hall–Kier alpha value is -3.33. The van der Waals surface area contributed by atoms with Gasteiger partial charge in [0, 0.05) is 55.5 Å². The number of carbonyl (C=O) groups is 1. The number of halogens is 1. The van der Waals surface area contributed by atoms with Gasteiger partial charge in [-0.3, -0.25) is 19.6 Å². The summed E-state index contributed by atoms with van der Waals surface area (Å²) in [4.78, 5) is 27.5. The van der Waals surface area contributed by atoms with E-state index in [1.54, 1.807) is 24.8 Å². The third-order valence-electron chi connectivity index (χ3n) is 5.55. The van der Waals surface area contributed by atoms with Crippen LogP contribution in [-0.2, 0) is 11.3 Å². The lowest BCUT2D eigenvalue weighted by molar-refractivity contribution is -0.384. The van der Waals surface area contributed by atoms with Crippen LogP contribution in [0.15, 0.2) is 36.4 Å². The number of hydrogen-bond acceptors (Lipinski definition) is 6. The van der Waals surface area contributed by atoms with Crippen LogP contribution in [0.5, 0.6) is 5.75 Å². The first kappa shape index (κ1) is 20.9. The molecule has 0 spiro atoms. The minimum absolute atomic E-state index is 0.0106. The van der Waals surface area contributed by atoms with Crippen molar-refractivity contribution in [2.45, 2.75) is 13.5 Å². The van der Waals surface area contributed by atoms with Gasteiger partial charge >= 0.3 is 0 Å². The lowest BCUT2D eigenvalue weighted by atomic mass is 10.2. The first-order valence-corrected chi connectivity index (χ1v) is 10.2. The Balaban J connectivity index is 1.43. The van der Waals surface area contributed by atoms with Gasteiger partial charge < -0.3 is 14.5 Å². The zero-order valence-corrected chi connectivity index (χ0v) is 18.0. The number of fused-ring (bicyclic) bond motifs is 1. The average Bonchev–Trinajstić information content (AvgIpc) is 3.08. The molecule has 0 bridgehead atoms. The highest BCUT2D eigenvalue weighted by molar-refractivity contribution is 6.32. The Morgan fingerprint density at radius 2 is 1.94 bits per heavy atom. The van der Waals surface area contributed by atoms with Crippen molar-refractivity contribution in [3.63, 3.8) is 0 Å².